The highest BCUT2D eigenvalue weighted by atomic mass is 35.5. The minimum absolute atomic E-state index is 0.159. The third kappa shape index (κ3) is 6.14. The number of fused-ring (bicyclic) bond motifs is 1. The standard InChI is InChI=1S/C23H24Cl2F3N5O3/c1-22(2,3)20(36)29-9-11-5-6-13(24)18(17(11)25)32-21-31-14-7-12(16(34)8-15(14)33(21)4)19(35)30-10-23(26,27)28/h5-8,34H,9-10H2,1-4H3,(H,29,36)(H,30,35)(H,31,32). The summed E-state index contributed by atoms with van der Waals surface area (Å²) in [6.45, 7) is 3.98. The van der Waals surface area contributed by atoms with Crippen LogP contribution in [0, 0.1) is 5.41 Å². The quantitative estimate of drug-likeness (QED) is 0.337. The van der Waals surface area contributed by atoms with E-state index in [1.54, 1.807) is 49.8 Å². The van der Waals surface area contributed by atoms with E-state index in [9.17, 15) is 27.9 Å². The Hall–Kier alpha value is -3.18. The number of aromatic nitrogens is 2. The minimum atomic E-state index is -4.60. The van der Waals surface area contributed by atoms with Crippen LogP contribution in [-0.2, 0) is 18.4 Å². The number of nitrogens with one attached hydrogen (secondary N) is 3. The van der Waals surface area contributed by atoms with Crippen molar-refractivity contribution in [2.75, 3.05) is 11.9 Å². The second-order valence-corrected chi connectivity index (χ2v) is 9.89. The molecule has 1 heterocycles. The molecule has 0 radical (unpaired) electrons. The lowest BCUT2D eigenvalue weighted by molar-refractivity contribution is -0.128. The first-order chi connectivity index (χ1) is 16.6. The number of amides is 2. The maximum Gasteiger partial charge on any atom is 0.405 e. The van der Waals surface area contributed by atoms with Gasteiger partial charge in [-0.3, -0.25) is 9.59 Å². The topological polar surface area (TPSA) is 108 Å². The van der Waals surface area contributed by atoms with Crippen LogP contribution in [0.15, 0.2) is 24.3 Å². The number of phenols is 1. The molecule has 2 amide bonds. The van der Waals surface area contributed by atoms with Crippen molar-refractivity contribution in [1.29, 1.82) is 0 Å². The third-order valence-corrected chi connectivity index (χ3v) is 5.97. The number of aryl methyl sites for hydroxylation is 1. The van der Waals surface area contributed by atoms with Gasteiger partial charge in [-0.1, -0.05) is 50.0 Å². The van der Waals surface area contributed by atoms with E-state index in [0.29, 0.717) is 16.8 Å². The van der Waals surface area contributed by atoms with Crippen molar-refractivity contribution in [3.8, 4) is 5.75 Å². The van der Waals surface area contributed by atoms with Crippen molar-refractivity contribution in [3.05, 3.63) is 45.4 Å². The second kappa shape index (κ2) is 10.1. The van der Waals surface area contributed by atoms with Gasteiger partial charge >= 0.3 is 6.18 Å². The Balaban J connectivity index is 1.90. The Bertz CT molecular complexity index is 1330. The van der Waals surface area contributed by atoms with Crippen molar-refractivity contribution in [3.63, 3.8) is 0 Å². The van der Waals surface area contributed by atoms with Crippen LogP contribution in [0.3, 0.4) is 0 Å². The summed E-state index contributed by atoms with van der Waals surface area (Å²) in [6, 6.07) is 5.68. The second-order valence-electron chi connectivity index (χ2n) is 9.10. The van der Waals surface area contributed by atoms with Gasteiger partial charge in [-0.2, -0.15) is 13.2 Å². The molecule has 0 saturated heterocycles. The van der Waals surface area contributed by atoms with Crippen LogP contribution >= 0.6 is 23.2 Å². The van der Waals surface area contributed by atoms with Crippen LogP contribution < -0.4 is 16.0 Å². The van der Waals surface area contributed by atoms with Gasteiger partial charge in [0.1, 0.15) is 12.3 Å². The molecule has 36 heavy (non-hydrogen) atoms. The van der Waals surface area contributed by atoms with E-state index in [-0.39, 0.29) is 39.5 Å². The van der Waals surface area contributed by atoms with Gasteiger partial charge in [-0.25, -0.2) is 4.98 Å². The number of imidazole rings is 1. The number of halogens is 5. The van der Waals surface area contributed by atoms with E-state index in [2.05, 4.69) is 15.6 Å². The molecule has 1 aromatic heterocycles. The zero-order chi connectivity index (χ0) is 27.0. The number of hydrogen-bond donors (Lipinski definition) is 4. The van der Waals surface area contributed by atoms with E-state index in [4.69, 9.17) is 23.2 Å². The van der Waals surface area contributed by atoms with Gasteiger partial charge in [-0.05, 0) is 17.7 Å². The Kier molecular flexibility index (Phi) is 7.66. The molecule has 0 spiro atoms. The molecule has 4 N–H and O–H groups in total. The Morgan fingerprint density at radius 1 is 1.11 bits per heavy atom. The molecular formula is C23H24Cl2F3N5O3. The number of anilines is 2. The van der Waals surface area contributed by atoms with Crippen LogP contribution in [0.1, 0.15) is 36.7 Å². The molecule has 0 atom stereocenters. The molecule has 3 aromatic rings. The lowest BCUT2D eigenvalue weighted by Gasteiger charge is -2.19. The summed E-state index contributed by atoms with van der Waals surface area (Å²) in [7, 11) is 1.62. The van der Waals surface area contributed by atoms with Crippen molar-refractivity contribution in [2.45, 2.75) is 33.5 Å². The summed E-state index contributed by atoms with van der Waals surface area (Å²) in [5.74, 6) is -1.53. The fourth-order valence-corrected chi connectivity index (χ4v) is 3.73. The molecule has 0 saturated carbocycles. The van der Waals surface area contributed by atoms with Gasteiger partial charge in [-0.15, -0.1) is 0 Å². The van der Waals surface area contributed by atoms with Crippen molar-refractivity contribution in [2.24, 2.45) is 12.5 Å². The first kappa shape index (κ1) is 27.4. The number of nitrogens with zero attached hydrogens (tertiary/aromatic N) is 2. The molecule has 3 rings (SSSR count). The van der Waals surface area contributed by atoms with Gasteiger partial charge in [0.25, 0.3) is 5.91 Å². The fourth-order valence-electron chi connectivity index (χ4n) is 3.20. The average molecular weight is 546 g/mol. The number of aromatic hydroxyl groups is 1. The number of rotatable bonds is 6. The number of carbonyl (C=O) groups is 2. The zero-order valence-corrected chi connectivity index (χ0v) is 21.3. The largest absolute Gasteiger partial charge is 0.507 e. The van der Waals surface area contributed by atoms with E-state index in [0.717, 1.165) is 0 Å². The van der Waals surface area contributed by atoms with E-state index >= 15 is 0 Å². The zero-order valence-electron chi connectivity index (χ0n) is 19.8. The Morgan fingerprint density at radius 3 is 2.39 bits per heavy atom. The highest BCUT2D eigenvalue weighted by Gasteiger charge is 2.29. The van der Waals surface area contributed by atoms with Gasteiger partial charge in [0.05, 0.1) is 32.3 Å². The SMILES string of the molecule is Cn1c(Nc2c(Cl)ccc(CNC(=O)C(C)(C)C)c2Cl)nc2cc(C(=O)NCC(F)(F)F)c(O)cc21. The Labute approximate surface area is 214 Å². The van der Waals surface area contributed by atoms with Crippen LogP contribution in [0.5, 0.6) is 5.75 Å². The predicted octanol–water partition coefficient (Wildman–Crippen LogP) is 5.28. The first-order valence-corrected chi connectivity index (χ1v) is 11.4. The van der Waals surface area contributed by atoms with Crippen LogP contribution in [0.4, 0.5) is 24.8 Å². The Morgan fingerprint density at radius 2 is 1.78 bits per heavy atom. The summed E-state index contributed by atoms with van der Waals surface area (Å²) < 4.78 is 38.9. The van der Waals surface area contributed by atoms with E-state index < -0.39 is 29.8 Å². The van der Waals surface area contributed by atoms with Crippen LogP contribution in [-0.4, -0.2) is 39.2 Å². The van der Waals surface area contributed by atoms with Gasteiger partial charge in [0, 0.05) is 25.1 Å². The molecule has 0 aliphatic rings. The summed E-state index contributed by atoms with van der Waals surface area (Å²) in [5.41, 5.74) is 0.595. The van der Waals surface area contributed by atoms with Crippen LogP contribution in [0.2, 0.25) is 10.0 Å². The van der Waals surface area contributed by atoms with E-state index in [1.807, 2.05) is 0 Å². The molecule has 13 heteroatoms. The first-order valence-electron chi connectivity index (χ1n) is 10.6. The van der Waals surface area contributed by atoms with Gasteiger partial charge in [0.2, 0.25) is 11.9 Å². The highest BCUT2D eigenvalue weighted by molar-refractivity contribution is 6.39. The summed E-state index contributed by atoms with van der Waals surface area (Å²) in [4.78, 5) is 28.7. The number of carbonyl (C=O) groups excluding carboxylic acids is 2. The maximum absolute atomic E-state index is 12.4. The number of hydrogen-bond acceptors (Lipinski definition) is 5. The summed E-state index contributed by atoms with van der Waals surface area (Å²) in [5, 5.41) is 18.3. The maximum atomic E-state index is 12.4. The lowest BCUT2D eigenvalue weighted by atomic mass is 9.95. The molecular weight excluding hydrogens is 522 g/mol. The molecule has 0 aliphatic carbocycles. The molecule has 0 unspecified atom stereocenters. The van der Waals surface area contributed by atoms with E-state index in [1.165, 1.54) is 12.1 Å². The molecule has 194 valence electrons. The number of alkyl halides is 3. The summed E-state index contributed by atoms with van der Waals surface area (Å²) >= 11 is 12.9. The van der Waals surface area contributed by atoms with Gasteiger partial charge in [0.15, 0.2) is 0 Å². The molecule has 8 nitrogen and oxygen atoms in total. The smallest absolute Gasteiger partial charge is 0.405 e. The normalized spacial score (nSPS) is 12.0. The van der Waals surface area contributed by atoms with Crippen molar-refractivity contribution < 1.29 is 27.9 Å². The minimum Gasteiger partial charge on any atom is -0.507 e. The van der Waals surface area contributed by atoms with Crippen molar-refractivity contribution in [1.82, 2.24) is 20.2 Å². The third-order valence-electron chi connectivity index (χ3n) is 5.22. The highest BCUT2D eigenvalue weighted by Crippen LogP contribution is 2.36. The van der Waals surface area contributed by atoms with Crippen molar-refractivity contribution >= 4 is 57.7 Å². The molecule has 0 aliphatic heterocycles. The lowest BCUT2D eigenvalue weighted by Crippen LogP contribution is -2.34. The summed E-state index contributed by atoms with van der Waals surface area (Å²) in [6.07, 6.45) is -4.60. The van der Waals surface area contributed by atoms with Gasteiger partial charge < -0.3 is 25.6 Å². The molecule has 0 fully saturated rings. The molecule has 0 bridgehead atoms. The predicted molar refractivity (Wildman–Crippen MR) is 132 cm³/mol. The van der Waals surface area contributed by atoms with Crippen LogP contribution in [0.25, 0.3) is 11.0 Å². The molecule has 2 aromatic carbocycles. The fraction of sp³-hybridized carbons (Fsp3) is 0.348. The number of phenolic OH excluding ortho intramolecular Hbond substituents is 1. The number of benzene rings is 2. The monoisotopic (exact) mass is 545 g/mol. The average Bonchev–Trinajstić information content (AvgIpc) is 3.07.